The Labute approximate surface area is 118 Å². The Bertz CT molecular complexity index is 328. The van der Waals surface area contributed by atoms with E-state index in [0.29, 0.717) is 23.8 Å². The average molecular weight is 266 g/mol. The van der Waals surface area contributed by atoms with Crippen LogP contribution in [0, 0.1) is 17.3 Å². The van der Waals surface area contributed by atoms with E-state index in [1.165, 1.54) is 19.3 Å². The Morgan fingerprint density at radius 3 is 2.26 bits per heavy atom. The topological polar surface area (TPSA) is 32.3 Å². The standard InChI is InChI=1S/C16H30N2O/c1-11(2)12-8-14(17-13-6-7-13)10-18(9-12)15(19)16(3,4)5/h11-14,17H,6-10H2,1-5H3. The molecule has 2 atom stereocenters. The molecule has 1 amide bonds. The summed E-state index contributed by atoms with van der Waals surface area (Å²) in [6, 6.07) is 1.22. The third-order valence-electron chi connectivity index (χ3n) is 4.40. The maximum absolute atomic E-state index is 12.5. The summed E-state index contributed by atoms with van der Waals surface area (Å²) in [4.78, 5) is 14.6. The summed E-state index contributed by atoms with van der Waals surface area (Å²) in [5.41, 5.74) is -0.261. The first-order valence-electron chi connectivity index (χ1n) is 7.83. The van der Waals surface area contributed by atoms with E-state index in [1.54, 1.807) is 0 Å². The van der Waals surface area contributed by atoms with E-state index in [-0.39, 0.29) is 5.41 Å². The second-order valence-electron chi connectivity index (χ2n) is 7.84. The third kappa shape index (κ3) is 3.95. The zero-order chi connectivity index (χ0) is 14.2. The lowest BCUT2D eigenvalue weighted by Gasteiger charge is -2.42. The summed E-state index contributed by atoms with van der Waals surface area (Å²) >= 11 is 0. The van der Waals surface area contributed by atoms with Crippen molar-refractivity contribution in [3.05, 3.63) is 0 Å². The summed E-state index contributed by atoms with van der Waals surface area (Å²) in [5.74, 6) is 1.59. The van der Waals surface area contributed by atoms with E-state index in [0.717, 1.165) is 19.1 Å². The molecule has 3 heteroatoms. The van der Waals surface area contributed by atoms with Crippen LogP contribution >= 0.6 is 0 Å². The summed E-state index contributed by atoms with van der Waals surface area (Å²) < 4.78 is 0. The third-order valence-corrected chi connectivity index (χ3v) is 4.40. The van der Waals surface area contributed by atoms with Crippen LogP contribution in [0.5, 0.6) is 0 Å². The monoisotopic (exact) mass is 266 g/mol. The van der Waals surface area contributed by atoms with Crippen LogP contribution in [0.2, 0.25) is 0 Å². The summed E-state index contributed by atoms with van der Waals surface area (Å²) in [5, 5.41) is 3.72. The van der Waals surface area contributed by atoms with Gasteiger partial charge in [-0.15, -0.1) is 0 Å². The molecule has 1 heterocycles. The molecule has 1 N–H and O–H groups in total. The molecule has 110 valence electrons. The molecule has 1 saturated heterocycles. The molecule has 2 aliphatic rings. The number of hydrogen-bond donors (Lipinski definition) is 1. The van der Waals surface area contributed by atoms with Crippen LogP contribution in [0.3, 0.4) is 0 Å². The molecule has 0 bridgehead atoms. The van der Waals surface area contributed by atoms with E-state index in [4.69, 9.17) is 0 Å². The van der Waals surface area contributed by atoms with E-state index in [2.05, 4.69) is 24.1 Å². The van der Waals surface area contributed by atoms with Crippen LogP contribution < -0.4 is 5.32 Å². The van der Waals surface area contributed by atoms with Crippen molar-refractivity contribution < 1.29 is 4.79 Å². The van der Waals surface area contributed by atoms with Gasteiger partial charge in [-0.2, -0.15) is 0 Å². The molecule has 0 spiro atoms. The Hall–Kier alpha value is -0.570. The molecule has 2 fully saturated rings. The SMILES string of the molecule is CC(C)C1CC(NC2CC2)CN(C(=O)C(C)(C)C)C1. The molecule has 2 unspecified atom stereocenters. The summed E-state index contributed by atoms with van der Waals surface area (Å²) in [7, 11) is 0. The number of carbonyl (C=O) groups excluding carboxylic acids is 1. The number of hydrogen-bond acceptors (Lipinski definition) is 2. The number of amides is 1. The fraction of sp³-hybridized carbons (Fsp3) is 0.938. The second-order valence-corrected chi connectivity index (χ2v) is 7.84. The highest BCUT2D eigenvalue weighted by atomic mass is 16.2. The molecule has 1 aliphatic carbocycles. The first-order chi connectivity index (χ1) is 8.77. The van der Waals surface area contributed by atoms with Crippen LogP contribution in [0.1, 0.15) is 53.9 Å². The van der Waals surface area contributed by atoms with Crippen molar-refractivity contribution in [3.8, 4) is 0 Å². The Kier molecular flexibility index (Phi) is 4.24. The van der Waals surface area contributed by atoms with Crippen molar-refractivity contribution in [1.82, 2.24) is 10.2 Å². The van der Waals surface area contributed by atoms with Gasteiger partial charge in [-0.3, -0.25) is 4.79 Å². The van der Waals surface area contributed by atoms with Gasteiger partial charge in [0, 0.05) is 30.6 Å². The summed E-state index contributed by atoms with van der Waals surface area (Å²) in [6.07, 6.45) is 3.86. The van der Waals surface area contributed by atoms with Crippen molar-refractivity contribution in [2.45, 2.75) is 66.0 Å². The lowest BCUT2D eigenvalue weighted by Crippen LogP contribution is -2.54. The normalized spacial score (nSPS) is 28.8. The number of rotatable bonds is 3. The van der Waals surface area contributed by atoms with Gasteiger partial charge in [0.1, 0.15) is 0 Å². The van der Waals surface area contributed by atoms with Gasteiger partial charge in [0.25, 0.3) is 0 Å². The van der Waals surface area contributed by atoms with Crippen molar-refractivity contribution in [2.24, 2.45) is 17.3 Å². The number of carbonyl (C=O) groups is 1. The number of nitrogens with zero attached hydrogens (tertiary/aromatic N) is 1. The van der Waals surface area contributed by atoms with E-state index < -0.39 is 0 Å². The van der Waals surface area contributed by atoms with E-state index >= 15 is 0 Å². The van der Waals surface area contributed by atoms with Gasteiger partial charge in [-0.25, -0.2) is 0 Å². The fourth-order valence-electron chi connectivity index (χ4n) is 2.97. The smallest absolute Gasteiger partial charge is 0.228 e. The fourth-order valence-corrected chi connectivity index (χ4v) is 2.97. The zero-order valence-electron chi connectivity index (χ0n) is 13.2. The Morgan fingerprint density at radius 2 is 1.79 bits per heavy atom. The van der Waals surface area contributed by atoms with Crippen molar-refractivity contribution in [1.29, 1.82) is 0 Å². The highest BCUT2D eigenvalue weighted by Crippen LogP contribution is 2.29. The maximum Gasteiger partial charge on any atom is 0.228 e. The Morgan fingerprint density at radius 1 is 1.16 bits per heavy atom. The molecular formula is C16H30N2O. The van der Waals surface area contributed by atoms with Gasteiger partial charge < -0.3 is 10.2 Å². The van der Waals surface area contributed by atoms with E-state index in [9.17, 15) is 4.79 Å². The largest absolute Gasteiger partial charge is 0.340 e. The molecule has 1 aliphatic heterocycles. The van der Waals surface area contributed by atoms with Crippen LogP contribution in [0.15, 0.2) is 0 Å². The molecule has 2 rings (SSSR count). The van der Waals surface area contributed by atoms with Gasteiger partial charge in [0.2, 0.25) is 5.91 Å². The summed E-state index contributed by atoms with van der Waals surface area (Å²) in [6.45, 7) is 12.5. The number of nitrogens with one attached hydrogen (secondary N) is 1. The van der Waals surface area contributed by atoms with Gasteiger partial charge in [0.15, 0.2) is 0 Å². The molecule has 0 aromatic carbocycles. The predicted molar refractivity (Wildman–Crippen MR) is 78.9 cm³/mol. The highest BCUT2D eigenvalue weighted by Gasteiger charge is 2.37. The molecule has 0 radical (unpaired) electrons. The van der Waals surface area contributed by atoms with Crippen molar-refractivity contribution in [3.63, 3.8) is 0 Å². The van der Waals surface area contributed by atoms with Crippen LogP contribution in [0.4, 0.5) is 0 Å². The second kappa shape index (κ2) is 5.43. The minimum Gasteiger partial charge on any atom is -0.340 e. The quantitative estimate of drug-likeness (QED) is 0.852. The maximum atomic E-state index is 12.5. The zero-order valence-corrected chi connectivity index (χ0v) is 13.2. The molecule has 1 saturated carbocycles. The van der Waals surface area contributed by atoms with Gasteiger partial charge in [-0.05, 0) is 31.1 Å². The minimum absolute atomic E-state index is 0.261. The van der Waals surface area contributed by atoms with Crippen molar-refractivity contribution >= 4 is 5.91 Å². The lowest BCUT2D eigenvalue weighted by atomic mass is 9.84. The van der Waals surface area contributed by atoms with Crippen molar-refractivity contribution in [2.75, 3.05) is 13.1 Å². The van der Waals surface area contributed by atoms with E-state index in [1.807, 2.05) is 20.8 Å². The average Bonchev–Trinajstić information content (AvgIpc) is 3.10. The van der Waals surface area contributed by atoms with Gasteiger partial charge in [0.05, 0.1) is 0 Å². The number of likely N-dealkylation sites (tertiary alicyclic amines) is 1. The molecule has 19 heavy (non-hydrogen) atoms. The lowest BCUT2D eigenvalue weighted by molar-refractivity contribution is -0.142. The van der Waals surface area contributed by atoms with Crippen LogP contribution in [-0.4, -0.2) is 36.0 Å². The van der Waals surface area contributed by atoms with Crippen LogP contribution in [0.25, 0.3) is 0 Å². The van der Waals surface area contributed by atoms with Gasteiger partial charge in [-0.1, -0.05) is 34.6 Å². The highest BCUT2D eigenvalue weighted by molar-refractivity contribution is 5.81. The van der Waals surface area contributed by atoms with Crippen LogP contribution in [-0.2, 0) is 4.79 Å². The first kappa shape index (κ1) is 14.8. The molecule has 0 aromatic rings. The molecule has 0 aromatic heterocycles. The Balaban J connectivity index is 2.02. The minimum atomic E-state index is -0.261. The molecular weight excluding hydrogens is 236 g/mol. The van der Waals surface area contributed by atoms with Gasteiger partial charge >= 0.3 is 0 Å². The first-order valence-corrected chi connectivity index (χ1v) is 7.83. The number of piperidine rings is 1. The molecule has 3 nitrogen and oxygen atoms in total. The predicted octanol–water partition coefficient (Wildman–Crippen LogP) is 2.66.